The van der Waals surface area contributed by atoms with Gasteiger partial charge in [-0.1, -0.05) is 27.6 Å². The van der Waals surface area contributed by atoms with Crippen LogP contribution in [0.3, 0.4) is 0 Å². The first-order valence-electron chi connectivity index (χ1n) is 17.2. The zero-order chi connectivity index (χ0) is 39.6. The second-order valence-corrected chi connectivity index (χ2v) is 12.7. The van der Waals surface area contributed by atoms with Crippen LogP contribution in [-0.4, -0.2) is 87.6 Å². The van der Waals surface area contributed by atoms with Crippen LogP contribution in [0.5, 0.6) is 11.5 Å². The highest BCUT2D eigenvalue weighted by Crippen LogP contribution is 2.30. The molecule has 20 nitrogen and oxygen atoms in total. The van der Waals surface area contributed by atoms with E-state index in [1.807, 2.05) is 31.3 Å². The predicted octanol–water partition coefficient (Wildman–Crippen LogP) is 3.60. The van der Waals surface area contributed by atoms with Gasteiger partial charge in [0, 0.05) is 56.3 Å². The zero-order valence-electron chi connectivity index (χ0n) is 30.3. The Balaban J connectivity index is 0.000000133. The maximum absolute atomic E-state index is 11.8. The van der Waals surface area contributed by atoms with Crippen LogP contribution in [0.2, 0.25) is 0 Å². The third-order valence-electron chi connectivity index (χ3n) is 8.21. The lowest BCUT2D eigenvalue weighted by atomic mass is 9.95. The molecule has 7 N–H and O–H groups in total. The summed E-state index contributed by atoms with van der Waals surface area (Å²) >= 11 is 0. The molecule has 0 aliphatic heterocycles. The van der Waals surface area contributed by atoms with E-state index < -0.39 is 0 Å². The van der Waals surface area contributed by atoms with Crippen molar-refractivity contribution in [2.24, 2.45) is 16.5 Å². The normalized spacial score (nSPS) is 14.1. The van der Waals surface area contributed by atoms with Crippen LogP contribution in [0.15, 0.2) is 85.4 Å². The number of hydrogen-bond acceptors (Lipinski definition) is 18. The number of allylic oxidation sites excluding steroid dienone is 1. The van der Waals surface area contributed by atoms with Crippen molar-refractivity contribution in [3.8, 4) is 22.9 Å². The molecule has 4 heterocycles. The number of phenols is 2. The summed E-state index contributed by atoms with van der Waals surface area (Å²) in [5.74, 6) is 0.739. The molecule has 288 valence electrons. The number of anilines is 2. The number of benzene rings is 2. The van der Waals surface area contributed by atoms with Gasteiger partial charge in [0.25, 0.3) is 0 Å². The van der Waals surface area contributed by atoms with Gasteiger partial charge >= 0.3 is 0 Å². The number of nitrogens with zero attached hydrogens (tertiary/aromatic N) is 10. The van der Waals surface area contributed by atoms with E-state index in [0.29, 0.717) is 52.9 Å². The minimum Gasteiger partial charge on any atom is -0.508 e. The lowest BCUT2D eigenvalue weighted by Gasteiger charge is -2.13. The number of carbonyl (C=O) groups excluding carboxylic acids is 2. The Morgan fingerprint density at radius 3 is 2.09 bits per heavy atom. The number of nitrogens with one attached hydrogen (secondary N) is 1. The first-order chi connectivity index (χ1) is 27.0. The maximum atomic E-state index is 11.8. The van der Waals surface area contributed by atoms with Crippen molar-refractivity contribution in [3.05, 3.63) is 101 Å². The van der Waals surface area contributed by atoms with Crippen molar-refractivity contribution in [2.75, 3.05) is 19.4 Å². The molecular formula is C36H37N13O7. The highest BCUT2D eigenvalue weighted by molar-refractivity contribution is 6.08. The third kappa shape index (κ3) is 9.72. The Hall–Kier alpha value is -7.51. The minimum absolute atomic E-state index is 0.0180. The summed E-state index contributed by atoms with van der Waals surface area (Å²) in [5.41, 5.74) is 17.7. The van der Waals surface area contributed by atoms with Crippen LogP contribution >= 0.6 is 0 Å². The molecule has 0 atom stereocenters. The van der Waals surface area contributed by atoms with Crippen molar-refractivity contribution in [3.63, 3.8) is 0 Å². The first-order valence-corrected chi connectivity index (χ1v) is 17.2. The number of aromatic nitrogens is 8. The Labute approximate surface area is 318 Å². The van der Waals surface area contributed by atoms with Crippen molar-refractivity contribution in [2.45, 2.75) is 44.9 Å². The standard InChI is InChI=1S/C14H11N5O2.C9H11N3O2.C7H9N3O.C6H6N2O2/c20-10-3-1-2-9(6-10)16-14-15-7-8-4-5-11-13(12(8)17-14)19-21-18-11;1-12(2)5-6-3-4-7-8(9(6)13)11-14-10-7;8-7(9)10-5-2-1-3-6(11)4-5;9-5-3-1-2-4-6(5)8-10-7-4/h1-3,6-7,20H,4-5H2,(H,15,16,17);5H,3-4H2,1-2H3;1-4,11H,(H4,8,9,10);1-3H2/b;6-5+;;. The highest BCUT2D eigenvalue weighted by Gasteiger charge is 2.27. The first kappa shape index (κ1) is 38.2. The van der Waals surface area contributed by atoms with Gasteiger partial charge in [-0.05, 0) is 83.8 Å². The molecule has 6 aromatic rings. The number of nitrogens with two attached hydrogens (primary N) is 2. The van der Waals surface area contributed by atoms with Gasteiger partial charge in [-0.3, -0.25) is 9.59 Å². The summed E-state index contributed by atoms with van der Waals surface area (Å²) in [6, 6.07) is 13.2. The number of aryl methyl sites for hydroxylation is 4. The molecular weight excluding hydrogens is 726 g/mol. The van der Waals surface area contributed by atoms with Gasteiger partial charge in [0.15, 0.2) is 28.8 Å². The maximum Gasteiger partial charge on any atom is 0.227 e. The highest BCUT2D eigenvalue weighted by atomic mass is 16.6. The van der Waals surface area contributed by atoms with E-state index >= 15 is 0 Å². The van der Waals surface area contributed by atoms with Gasteiger partial charge < -0.3 is 31.9 Å². The Bertz CT molecular complexity index is 2380. The van der Waals surface area contributed by atoms with Crippen molar-refractivity contribution < 1.29 is 33.7 Å². The van der Waals surface area contributed by atoms with Crippen molar-refractivity contribution >= 4 is 34.8 Å². The molecule has 0 unspecified atom stereocenters. The molecule has 0 saturated carbocycles. The Morgan fingerprint density at radius 2 is 1.41 bits per heavy atom. The molecule has 0 amide bonds. The quantitative estimate of drug-likeness (QED) is 0.0973. The van der Waals surface area contributed by atoms with Crippen LogP contribution < -0.4 is 16.8 Å². The van der Waals surface area contributed by atoms with Crippen LogP contribution in [0, 0.1) is 0 Å². The molecule has 0 radical (unpaired) electrons. The molecule has 0 spiro atoms. The Morgan fingerprint density at radius 1 is 0.768 bits per heavy atom. The number of hydrogen-bond donors (Lipinski definition) is 5. The average Bonchev–Trinajstić information content (AvgIpc) is 3.96. The third-order valence-corrected chi connectivity index (χ3v) is 8.21. The van der Waals surface area contributed by atoms with E-state index in [2.05, 4.69) is 60.5 Å². The van der Waals surface area contributed by atoms with Gasteiger partial charge in [0.05, 0.1) is 5.69 Å². The molecule has 4 aromatic heterocycles. The molecule has 2 aromatic carbocycles. The van der Waals surface area contributed by atoms with E-state index in [1.54, 1.807) is 42.6 Å². The number of fused-ring (bicyclic) bond motifs is 5. The van der Waals surface area contributed by atoms with E-state index in [-0.39, 0.29) is 29.0 Å². The minimum atomic E-state index is -0.0683. The largest absolute Gasteiger partial charge is 0.508 e. The van der Waals surface area contributed by atoms with Crippen LogP contribution in [0.4, 0.5) is 17.3 Å². The van der Waals surface area contributed by atoms with Crippen LogP contribution in [0.1, 0.15) is 62.9 Å². The second-order valence-electron chi connectivity index (χ2n) is 12.7. The summed E-state index contributed by atoms with van der Waals surface area (Å²) in [7, 11) is 3.77. The number of rotatable bonds is 4. The summed E-state index contributed by atoms with van der Waals surface area (Å²) in [4.78, 5) is 37.1. The SMILES string of the molecule is CN(C)/C=C1\CCc2nonc2C1=O.NC(N)=Nc1cccc(O)c1.O=C1CCCc2nonc21.Oc1cccc(Nc2ncc3c(n2)-c2nonc2CC3)c1. The van der Waals surface area contributed by atoms with Gasteiger partial charge in [0.1, 0.15) is 34.3 Å². The van der Waals surface area contributed by atoms with Gasteiger partial charge in [-0.25, -0.2) is 28.8 Å². The number of guanidine groups is 1. The molecule has 0 bridgehead atoms. The fourth-order valence-electron chi connectivity index (χ4n) is 5.70. The van der Waals surface area contributed by atoms with Gasteiger partial charge in [0.2, 0.25) is 11.7 Å². The topological polar surface area (TPSA) is 297 Å². The van der Waals surface area contributed by atoms with E-state index in [0.717, 1.165) is 60.3 Å². The summed E-state index contributed by atoms with van der Waals surface area (Å²) < 4.78 is 13.7. The summed E-state index contributed by atoms with van der Waals surface area (Å²) in [5, 5.41) is 43.7. The zero-order valence-corrected chi connectivity index (χ0v) is 30.3. The summed E-state index contributed by atoms with van der Waals surface area (Å²) in [6.45, 7) is 0. The number of aliphatic imine (C=N–C) groups is 1. The molecule has 56 heavy (non-hydrogen) atoms. The monoisotopic (exact) mass is 763 g/mol. The fourth-order valence-corrected chi connectivity index (χ4v) is 5.70. The molecule has 3 aliphatic carbocycles. The van der Waals surface area contributed by atoms with Crippen LogP contribution in [0.25, 0.3) is 11.4 Å². The fraction of sp³-hybridized carbons (Fsp3) is 0.250. The van der Waals surface area contributed by atoms with E-state index in [9.17, 15) is 14.7 Å². The van der Waals surface area contributed by atoms with E-state index in [4.69, 9.17) is 21.2 Å². The molecule has 0 fully saturated rings. The van der Waals surface area contributed by atoms with Gasteiger partial charge in [-0.15, -0.1) is 0 Å². The number of ketones is 2. The second kappa shape index (κ2) is 17.5. The lowest BCUT2D eigenvalue weighted by molar-refractivity contribution is 0.0962. The predicted molar refractivity (Wildman–Crippen MR) is 198 cm³/mol. The number of Topliss-reactive ketones (excluding diaryl/α,β-unsaturated/α-hetero) is 2. The van der Waals surface area contributed by atoms with Gasteiger partial charge in [-0.2, -0.15) is 0 Å². The van der Waals surface area contributed by atoms with Crippen molar-refractivity contribution in [1.82, 2.24) is 45.8 Å². The molecule has 0 saturated heterocycles. The summed E-state index contributed by atoms with van der Waals surface area (Å²) in [6.07, 6.45) is 8.93. The Kier molecular flexibility index (Phi) is 12.0. The molecule has 3 aliphatic rings. The number of phenolic OH excluding ortho intramolecular Hbond substituents is 2. The van der Waals surface area contributed by atoms with E-state index in [1.165, 1.54) is 6.07 Å². The average molecular weight is 764 g/mol. The van der Waals surface area contributed by atoms with Crippen molar-refractivity contribution in [1.29, 1.82) is 0 Å². The number of carbonyl (C=O) groups is 2. The lowest BCUT2D eigenvalue weighted by Crippen LogP contribution is -2.21. The molecule has 9 rings (SSSR count). The number of aromatic hydroxyl groups is 2. The van der Waals surface area contributed by atoms with Crippen LogP contribution in [-0.2, 0) is 25.7 Å². The molecule has 20 heteroatoms. The smallest absolute Gasteiger partial charge is 0.227 e.